The first-order valence-corrected chi connectivity index (χ1v) is 9.77. The fraction of sp³-hybridized carbons (Fsp3) is 0.895. The van der Waals surface area contributed by atoms with E-state index >= 15 is 0 Å². The molecule has 2 aliphatic carbocycles. The first-order chi connectivity index (χ1) is 11.5. The van der Waals surface area contributed by atoms with Crippen LogP contribution in [0.15, 0.2) is 0 Å². The third-order valence-electron chi connectivity index (χ3n) is 6.89. The second-order valence-corrected chi connectivity index (χ2v) is 7.86. The van der Waals surface area contributed by atoms with E-state index in [0.717, 1.165) is 43.5 Å². The third kappa shape index (κ3) is 2.96. The van der Waals surface area contributed by atoms with Crippen molar-refractivity contribution in [1.29, 1.82) is 0 Å². The summed E-state index contributed by atoms with van der Waals surface area (Å²) in [5.41, 5.74) is 0. The van der Waals surface area contributed by atoms with Crippen molar-refractivity contribution in [2.24, 2.45) is 23.7 Å². The average molecular weight is 338 g/mol. The van der Waals surface area contributed by atoms with E-state index in [4.69, 9.17) is 9.47 Å². The Kier molecular flexibility index (Phi) is 5.19. The van der Waals surface area contributed by atoms with Gasteiger partial charge >= 0.3 is 11.9 Å². The van der Waals surface area contributed by atoms with Crippen molar-refractivity contribution >= 4 is 11.9 Å². The van der Waals surface area contributed by atoms with Crippen LogP contribution < -0.4 is 0 Å². The number of carbonyl (C=O) groups is 2. The second-order valence-electron chi connectivity index (χ2n) is 7.86. The summed E-state index contributed by atoms with van der Waals surface area (Å²) in [5, 5.41) is 0. The van der Waals surface area contributed by atoms with Gasteiger partial charge in [-0.25, -0.2) is 0 Å². The molecule has 0 N–H and O–H groups in total. The fourth-order valence-electron chi connectivity index (χ4n) is 5.22. The minimum Gasteiger partial charge on any atom is -0.462 e. The number of esters is 2. The summed E-state index contributed by atoms with van der Waals surface area (Å²) < 4.78 is 12.1. The van der Waals surface area contributed by atoms with Gasteiger partial charge in [0.15, 0.2) is 0 Å². The van der Waals surface area contributed by atoms with Crippen molar-refractivity contribution in [2.75, 3.05) is 32.8 Å². The van der Waals surface area contributed by atoms with Gasteiger partial charge in [-0.3, -0.25) is 9.59 Å². The van der Waals surface area contributed by atoms with Crippen LogP contribution in [0, 0.1) is 23.7 Å². The minimum absolute atomic E-state index is 0.0788. The van der Waals surface area contributed by atoms with E-state index in [2.05, 4.69) is 20.8 Å². The molecular weight excluding hydrogens is 306 g/mol. The highest BCUT2D eigenvalue weighted by Gasteiger charge is 2.64. The molecule has 0 amide bonds. The summed E-state index contributed by atoms with van der Waals surface area (Å²) in [6.45, 7) is 11.3. The maximum atomic E-state index is 12.6. The smallest absolute Gasteiger partial charge is 0.310 e. The van der Waals surface area contributed by atoms with Crippen LogP contribution in [0.1, 0.15) is 46.5 Å². The lowest BCUT2D eigenvalue weighted by molar-refractivity contribution is -0.925. The Bertz CT molecular complexity index is 486. The summed E-state index contributed by atoms with van der Waals surface area (Å²) in [7, 11) is 0. The number of rotatable bonds is 9. The molecule has 0 aromatic heterocycles. The molecule has 0 aromatic carbocycles. The summed E-state index contributed by atoms with van der Waals surface area (Å²) in [6.07, 6.45) is 4.29. The Hall–Kier alpha value is -1.10. The van der Waals surface area contributed by atoms with Crippen LogP contribution in [0.2, 0.25) is 0 Å². The van der Waals surface area contributed by atoms with Crippen LogP contribution in [0.25, 0.3) is 0 Å². The zero-order valence-electron chi connectivity index (χ0n) is 15.3. The summed E-state index contributed by atoms with van der Waals surface area (Å²) in [6, 6.07) is 0. The molecule has 5 unspecified atom stereocenters. The Morgan fingerprint density at radius 1 is 1.21 bits per heavy atom. The molecule has 136 valence electrons. The van der Waals surface area contributed by atoms with E-state index in [-0.39, 0.29) is 35.8 Å². The molecule has 3 aliphatic rings. The number of carbonyl (C=O) groups excluding carboxylic acids is 2. The van der Waals surface area contributed by atoms with Crippen molar-refractivity contribution in [2.45, 2.75) is 52.6 Å². The van der Waals surface area contributed by atoms with Crippen molar-refractivity contribution in [3.05, 3.63) is 0 Å². The Morgan fingerprint density at radius 2 is 1.96 bits per heavy atom. The molecule has 0 spiro atoms. The molecule has 1 heterocycles. The molecule has 24 heavy (non-hydrogen) atoms. The fourth-order valence-corrected chi connectivity index (χ4v) is 5.22. The van der Waals surface area contributed by atoms with Crippen LogP contribution in [-0.4, -0.2) is 55.3 Å². The highest BCUT2D eigenvalue weighted by atomic mass is 16.6. The Balaban J connectivity index is 1.53. The van der Waals surface area contributed by atoms with E-state index in [0.29, 0.717) is 12.5 Å². The lowest BCUT2D eigenvalue weighted by atomic mass is 9.80. The van der Waals surface area contributed by atoms with Gasteiger partial charge in [-0.15, -0.1) is 0 Å². The van der Waals surface area contributed by atoms with Crippen molar-refractivity contribution in [3.63, 3.8) is 0 Å². The number of fused-ring (bicyclic) bond motifs is 1. The SMILES string of the molecule is CCCC[N+](CC)(CC)CCOC(=O)C1C2CC3OC(=O)C1C3C2. The molecule has 3 fully saturated rings. The van der Waals surface area contributed by atoms with E-state index in [9.17, 15) is 9.59 Å². The predicted octanol–water partition coefficient (Wildman–Crippen LogP) is 2.38. The first kappa shape index (κ1) is 17.7. The van der Waals surface area contributed by atoms with Crippen LogP contribution in [-0.2, 0) is 19.1 Å². The number of nitrogens with zero attached hydrogens (tertiary/aromatic N) is 1. The number of hydrogen-bond acceptors (Lipinski definition) is 4. The summed E-state index contributed by atoms with van der Waals surface area (Å²) >= 11 is 0. The van der Waals surface area contributed by atoms with E-state index in [1.54, 1.807) is 0 Å². The first-order valence-electron chi connectivity index (χ1n) is 9.77. The zero-order valence-corrected chi connectivity index (χ0v) is 15.3. The van der Waals surface area contributed by atoms with Gasteiger partial charge in [0.25, 0.3) is 0 Å². The highest BCUT2D eigenvalue weighted by molar-refractivity contribution is 5.85. The van der Waals surface area contributed by atoms with Gasteiger partial charge in [-0.1, -0.05) is 13.3 Å². The lowest BCUT2D eigenvalue weighted by Gasteiger charge is -2.37. The lowest BCUT2D eigenvalue weighted by Crippen LogP contribution is -2.50. The van der Waals surface area contributed by atoms with Crippen molar-refractivity contribution in [1.82, 2.24) is 0 Å². The van der Waals surface area contributed by atoms with Crippen LogP contribution in [0.3, 0.4) is 0 Å². The largest absolute Gasteiger partial charge is 0.462 e. The molecule has 2 saturated carbocycles. The molecular formula is C19H32NO4+. The monoisotopic (exact) mass is 338 g/mol. The maximum Gasteiger partial charge on any atom is 0.310 e. The number of likely N-dealkylation sites (N-methyl/N-ethyl adjacent to an activating group) is 1. The van der Waals surface area contributed by atoms with Gasteiger partial charge in [0.05, 0.1) is 31.5 Å². The summed E-state index contributed by atoms with van der Waals surface area (Å²) in [4.78, 5) is 24.6. The van der Waals surface area contributed by atoms with Crippen LogP contribution in [0.5, 0.6) is 0 Å². The van der Waals surface area contributed by atoms with E-state index < -0.39 is 0 Å². The standard InChI is InChI=1S/C19H32NO4/c1-4-7-8-20(5-2,6-3)9-10-23-18(21)16-13-11-14-15(12-13)24-19(22)17(14)16/h13-17H,4-12H2,1-3H3/q+1. The quantitative estimate of drug-likeness (QED) is 0.478. The van der Waals surface area contributed by atoms with Crippen LogP contribution >= 0.6 is 0 Å². The third-order valence-corrected chi connectivity index (χ3v) is 6.89. The Morgan fingerprint density at radius 3 is 2.62 bits per heavy atom. The zero-order chi connectivity index (χ0) is 17.3. The topological polar surface area (TPSA) is 52.6 Å². The molecule has 0 aromatic rings. The molecule has 1 saturated heterocycles. The second kappa shape index (κ2) is 7.03. The number of ether oxygens (including phenoxy) is 2. The highest BCUT2D eigenvalue weighted by Crippen LogP contribution is 2.57. The van der Waals surface area contributed by atoms with Gasteiger partial charge in [0.2, 0.25) is 0 Å². The molecule has 1 aliphatic heterocycles. The molecule has 5 nitrogen and oxygen atoms in total. The van der Waals surface area contributed by atoms with E-state index in [1.807, 2.05) is 0 Å². The van der Waals surface area contributed by atoms with Gasteiger partial charge in [-0.05, 0) is 39.0 Å². The summed E-state index contributed by atoms with van der Waals surface area (Å²) in [5.74, 6) is -0.237. The predicted molar refractivity (Wildman–Crippen MR) is 90.0 cm³/mol. The van der Waals surface area contributed by atoms with Crippen LogP contribution in [0.4, 0.5) is 0 Å². The Labute approximate surface area is 145 Å². The minimum atomic E-state index is -0.248. The number of hydrogen-bond donors (Lipinski definition) is 0. The van der Waals surface area contributed by atoms with Gasteiger partial charge in [0.1, 0.15) is 19.3 Å². The molecule has 0 radical (unpaired) electrons. The number of unbranched alkanes of at least 4 members (excludes halogenated alkanes) is 1. The molecule has 5 atom stereocenters. The molecule has 5 heteroatoms. The average Bonchev–Trinajstić information content (AvgIpc) is 3.20. The van der Waals surface area contributed by atoms with E-state index in [1.165, 1.54) is 12.8 Å². The molecule has 3 rings (SSSR count). The molecule has 2 bridgehead atoms. The van der Waals surface area contributed by atoms with Gasteiger partial charge < -0.3 is 14.0 Å². The van der Waals surface area contributed by atoms with Crippen molar-refractivity contribution < 1.29 is 23.5 Å². The maximum absolute atomic E-state index is 12.6. The number of quaternary nitrogens is 1. The van der Waals surface area contributed by atoms with Gasteiger partial charge in [0, 0.05) is 5.92 Å². The normalized spacial score (nSPS) is 33.8. The van der Waals surface area contributed by atoms with Gasteiger partial charge in [-0.2, -0.15) is 0 Å². The van der Waals surface area contributed by atoms with Crippen molar-refractivity contribution in [3.8, 4) is 0 Å².